The van der Waals surface area contributed by atoms with E-state index in [0.717, 1.165) is 17.4 Å². The van der Waals surface area contributed by atoms with Crippen LogP contribution >= 0.6 is 15.9 Å². The number of alkyl halides is 1. The molecule has 2 aromatic rings. The number of halogens is 1. The van der Waals surface area contributed by atoms with Crippen molar-refractivity contribution in [1.82, 2.24) is 10.3 Å². The molecule has 0 saturated carbocycles. The lowest BCUT2D eigenvalue weighted by Gasteiger charge is -2.19. The Labute approximate surface area is 117 Å². The van der Waals surface area contributed by atoms with E-state index in [2.05, 4.69) is 64.3 Å². The zero-order valence-corrected chi connectivity index (χ0v) is 12.4. The van der Waals surface area contributed by atoms with Gasteiger partial charge in [0.1, 0.15) is 0 Å². The maximum absolute atomic E-state index is 4.38. The molecule has 2 nitrogen and oxygen atoms in total. The monoisotopic (exact) mass is 306 g/mol. The highest BCUT2D eigenvalue weighted by Crippen LogP contribution is 2.16. The molecule has 1 aromatic carbocycles. The smallest absolute Gasteiger partial charge is 0.0705 e. The first-order chi connectivity index (χ1) is 8.72. The number of nitrogens with zero attached hydrogens (tertiary/aromatic N) is 1. The lowest BCUT2D eigenvalue weighted by Crippen LogP contribution is -2.32. The van der Waals surface area contributed by atoms with Gasteiger partial charge in [-0.05, 0) is 30.5 Å². The van der Waals surface area contributed by atoms with Crippen molar-refractivity contribution in [3.8, 4) is 0 Å². The maximum atomic E-state index is 4.38. The van der Waals surface area contributed by atoms with Gasteiger partial charge >= 0.3 is 0 Å². The maximum Gasteiger partial charge on any atom is 0.0705 e. The van der Waals surface area contributed by atoms with Crippen molar-refractivity contribution >= 4 is 26.8 Å². The highest BCUT2D eigenvalue weighted by atomic mass is 79.9. The predicted octanol–water partition coefficient (Wildman–Crippen LogP) is 3.74. The van der Waals surface area contributed by atoms with E-state index < -0.39 is 0 Å². The first-order valence-corrected chi connectivity index (χ1v) is 7.46. The molecule has 0 saturated heterocycles. The molecule has 0 fully saturated rings. The Morgan fingerprint density at radius 3 is 2.78 bits per heavy atom. The summed E-state index contributed by atoms with van der Waals surface area (Å²) in [6.45, 7) is 5.37. The average Bonchev–Trinajstić information content (AvgIpc) is 2.43. The van der Waals surface area contributed by atoms with E-state index in [-0.39, 0.29) is 0 Å². The molecule has 0 radical (unpaired) electrons. The summed E-state index contributed by atoms with van der Waals surface area (Å²) in [7, 11) is 0. The summed E-state index contributed by atoms with van der Waals surface area (Å²) in [5.41, 5.74) is 2.38. The Morgan fingerprint density at radius 1 is 1.22 bits per heavy atom. The van der Waals surface area contributed by atoms with Crippen molar-refractivity contribution in [1.29, 1.82) is 0 Å². The molecule has 2 rings (SSSR count). The summed E-state index contributed by atoms with van der Waals surface area (Å²) in [5.74, 6) is 0.623. The standard InChI is InChI=1S/C15H19BrN2/c1-11(9-16)12(2)18-10-13-7-8-17-15-6-4-3-5-14(13)15/h3-8,11-12,18H,9-10H2,1-2H3. The molecule has 18 heavy (non-hydrogen) atoms. The zero-order valence-electron chi connectivity index (χ0n) is 10.9. The number of pyridine rings is 1. The van der Waals surface area contributed by atoms with Gasteiger partial charge in [0, 0.05) is 29.5 Å². The van der Waals surface area contributed by atoms with Gasteiger partial charge in [-0.3, -0.25) is 4.98 Å². The number of benzene rings is 1. The number of hydrogen-bond donors (Lipinski definition) is 1. The topological polar surface area (TPSA) is 24.9 Å². The van der Waals surface area contributed by atoms with Crippen molar-refractivity contribution < 1.29 is 0 Å². The van der Waals surface area contributed by atoms with Crippen LogP contribution in [0.2, 0.25) is 0 Å². The van der Waals surface area contributed by atoms with Gasteiger partial charge in [0.2, 0.25) is 0 Å². The summed E-state index contributed by atoms with van der Waals surface area (Å²) in [6.07, 6.45) is 1.89. The normalized spacial score (nSPS) is 14.6. The van der Waals surface area contributed by atoms with E-state index >= 15 is 0 Å². The summed E-state index contributed by atoms with van der Waals surface area (Å²) < 4.78 is 0. The van der Waals surface area contributed by atoms with E-state index in [1.807, 2.05) is 12.3 Å². The summed E-state index contributed by atoms with van der Waals surface area (Å²) in [6, 6.07) is 10.9. The van der Waals surface area contributed by atoms with Gasteiger partial charge in [-0.2, -0.15) is 0 Å². The number of rotatable bonds is 5. The van der Waals surface area contributed by atoms with Gasteiger partial charge in [-0.25, -0.2) is 0 Å². The van der Waals surface area contributed by atoms with Gasteiger partial charge in [0.25, 0.3) is 0 Å². The largest absolute Gasteiger partial charge is 0.310 e. The van der Waals surface area contributed by atoms with Crippen molar-refractivity contribution in [3.05, 3.63) is 42.1 Å². The molecule has 96 valence electrons. The second-order valence-corrected chi connectivity index (χ2v) is 5.44. The molecule has 2 atom stereocenters. The molecule has 0 aliphatic carbocycles. The van der Waals surface area contributed by atoms with Crippen molar-refractivity contribution in [3.63, 3.8) is 0 Å². The Balaban J connectivity index is 2.12. The minimum Gasteiger partial charge on any atom is -0.310 e. The van der Waals surface area contributed by atoms with E-state index in [9.17, 15) is 0 Å². The Morgan fingerprint density at radius 2 is 2.00 bits per heavy atom. The van der Waals surface area contributed by atoms with Crippen LogP contribution in [0.5, 0.6) is 0 Å². The summed E-state index contributed by atoms with van der Waals surface area (Å²) >= 11 is 3.53. The molecule has 0 aliphatic rings. The first kappa shape index (κ1) is 13.5. The van der Waals surface area contributed by atoms with E-state index in [0.29, 0.717) is 12.0 Å². The van der Waals surface area contributed by atoms with Crippen LogP contribution in [0.4, 0.5) is 0 Å². The average molecular weight is 307 g/mol. The first-order valence-electron chi connectivity index (χ1n) is 6.34. The molecular formula is C15H19BrN2. The van der Waals surface area contributed by atoms with Crippen LogP contribution in [0.1, 0.15) is 19.4 Å². The van der Waals surface area contributed by atoms with Gasteiger partial charge in [0.05, 0.1) is 5.52 Å². The van der Waals surface area contributed by atoms with Crippen LogP contribution in [-0.4, -0.2) is 16.4 Å². The van der Waals surface area contributed by atoms with Crippen LogP contribution in [0.15, 0.2) is 36.5 Å². The number of aromatic nitrogens is 1. The lowest BCUT2D eigenvalue weighted by molar-refractivity contribution is 0.434. The fourth-order valence-electron chi connectivity index (χ4n) is 1.91. The van der Waals surface area contributed by atoms with Crippen LogP contribution in [-0.2, 0) is 6.54 Å². The van der Waals surface area contributed by atoms with E-state index in [4.69, 9.17) is 0 Å². The molecule has 0 bridgehead atoms. The van der Waals surface area contributed by atoms with Crippen LogP contribution in [0, 0.1) is 5.92 Å². The van der Waals surface area contributed by atoms with E-state index in [1.54, 1.807) is 0 Å². The van der Waals surface area contributed by atoms with Gasteiger partial charge < -0.3 is 5.32 Å². The quantitative estimate of drug-likeness (QED) is 0.851. The minimum atomic E-state index is 0.497. The zero-order chi connectivity index (χ0) is 13.0. The summed E-state index contributed by atoms with van der Waals surface area (Å²) in [5, 5.41) is 5.85. The lowest BCUT2D eigenvalue weighted by atomic mass is 10.1. The third-order valence-electron chi connectivity index (χ3n) is 3.45. The van der Waals surface area contributed by atoms with Crippen LogP contribution in [0.3, 0.4) is 0 Å². The number of nitrogens with one attached hydrogen (secondary N) is 1. The SMILES string of the molecule is CC(CBr)C(C)NCc1ccnc2ccccc12. The molecule has 3 heteroatoms. The number of fused-ring (bicyclic) bond motifs is 1. The second-order valence-electron chi connectivity index (χ2n) is 4.79. The van der Waals surface area contributed by atoms with Gasteiger partial charge in [-0.1, -0.05) is 41.1 Å². The van der Waals surface area contributed by atoms with Crippen molar-refractivity contribution in [2.75, 3.05) is 5.33 Å². The van der Waals surface area contributed by atoms with Gasteiger partial charge in [-0.15, -0.1) is 0 Å². The molecule has 0 aliphatic heterocycles. The van der Waals surface area contributed by atoms with Crippen LogP contribution < -0.4 is 5.32 Å². The Bertz CT molecular complexity index is 507. The third-order valence-corrected chi connectivity index (χ3v) is 4.47. The Kier molecular flexibility index (Phi) is 4.72. The molecule has 1 aromatic heterocycles. The number of hydrogen-bond acceptors (Lipinski definition) is 2. The molecule has 0 spiro atoms. The van der Waals surface area contributed by atoms with Gasteiger partial charge in [0.15, 0.2) is 0 Å². The molecule has 0 amide bonds. The fourth-order valence-corrected chi connectivity index (χ4v) is 2.48. The molecular weight excluding hydrogens is 288 g/mol. The van der Waals surface area contributed by atoms with Crippen molar-refractivity contribution in [2.24, 2.45) is 5.92 Å². The second kappa shape index (κ2) is 6.30. The highest BCUT2D eigenvalue weighted by Gasteiger charge is 2.10. The minimum absolute atomic E-state index is 0.497. The molecule has 1 N–H and O–H groups in total. The number of para-hydroxylation sites is 1. The summed E-state index contributed by atoms with van der Waals surface area (Å²) in [4.78, 5) is 4.38. The van der Waals surface area contributed by atoms with Crippen molar-refractivity contribution in [2.45, 2.75) is 26.4 Å². The highest BCUT2D eigenvalue weighted by molar-refractivity contribution is 9.09. The van der Waals surface area contributed by atoms with E-state index in [1.165, 1.54) is 10.9 Å². The fraction of sp³-hybridized carbons (Fsp3) is 0.400. The van der Waals surface area contributed by atoms with Crippen LogP contribution in [0.25, 0.3) is 10.9 Å². The molecule has 2 unspecified atom stereocenters. The molecule has 1 heterocycles. The third kappa shape index (κ3) is 3.09. The predicted molar refractivity (Wildman–Crippen MR) is 81.0 cm³/mol. The Hall–Kier alpha value is -0.930.